The number of carbonyl (C=O) groups is 2. The van der Waals surface area contributed by atoms with Crippen LogP contribution in [0.3, 0.4) is 0 Å². The second kappa shape index (κ2) is 9.45. The highest BCUT2D eigenvalue weighted by Crippen LogP contribution is 2.19. The maximum Gasteiger partial charge on any atom is 0.410 e. The zero-order valence-corrected chi connectivity index (χ0v) is 17.9. The minimum atomic E-state index is -3.74. The summed E-state index contributed by atoms with van der Waals surface area (Å²) in [7, 11) is -3.74. The minimum absolute atomic E-state index is 0.0348. The molecule has 9 nitrogen and oxygen atoms in total. The predicted octanol–water partition coefficient (Wildman–Crippen LogP) is 2.27. The van der Waals surface area contributed by atoms with Crippen molar-refractivity contribution in [2.45, 2.75) is 51.5 Å². The number of carbonyl (C=O) groups excluding carboxylic acids is 2. The Morgan fingerprint density at radius 1 is 1.21 bits per heavy atom. The summed E-state index contributed by atoms with van der Waals surface area (Å²) in [6.07, 6.45) is -0.922. The number of rotatable bonds is 5. The van der Waals surface area contributed by atoms with Gasteiger partial charge in [0.2, 0.25) is 0 Å². The van der Waals surface area contributed by atoms with Gasteiger partial charge >= 0.3 is 12.2 Å². The Kier molecular flexibility index (Phi) is 7.48. The van der Waals surface area contributed by atoms with Crippen molar-refractivity contribution in [3.8, 4) is 0 Å². The van der Waals surface area contributed by atoms with Crippen LogP contribution in [0.15, 0.2) is 30.3 Å². The Bertz CT molecular complexity index is 806. The summed E-state index contributed by atoms with van der Waals surface area (Å²) in [6, 6.07) is 8.47. The molecule has 0 aliphatic carbocycles. The van der Waals surface area contributed by atoms with Gasteiger partial charge in [0, 0.05) is 13.1 Å². The fourth-order valence-electron chi connectivity index (χ4n) is 2.84. The SMILES string of the molecule is CC(C)(C)OC(=O)N[C@@H]1CN(C(=O)OCc2ccccc2)CC[C@H]1OS(C)(=O)=O. The molecule has 29 heavy (non-hydrogen) atoms. The van der Waals surface area contributed by atoms with Gasteiger partial charge in [-0.05, 0) is 32.8 Å². The summed E-state index contributed by atoms with van der Waals surface area (Å²) in [5.74, 6) is 0. The molecule has 0 spiro atoms. The molecular weight excluding hydrogens is 400 g/mol. The molecule has 1 saturated heterocycles. The summed E-state index contributed by atoms with van der Waals surface area (Å²) >= 11 is 0. The Hall–Kier alpha value is -2.33. The van der Waals surface area contributed by atoms with Crippen molar-refractivity contribution >= 4 is 22.3 Å². The molecule has 2 amide bonds. The van der Waals surface area contributed by atoms with E-state index in [4.69, 9.17) is 13.7 Å². The Morgan fingerprint density at radius 2 is 1.86 bits per heavy atom. The summed E-state index contributed by atoms with van der Waals surface area (Å²) in [5.41, 5.74) is 0.125. The van der Waals surface area contributed by atoms with Crippen molar-refractivity contribution in [3.05, 3.63) is 35.9 Å². The highest BCUT2D eigenvalue weighted by atomic mass is 32.2. The van der Waals surface area contributed by atoms with Gasteiger partial charge in [0.05, 0.1) is 12.3 Å². The molecule has 0 radical (unpaired) electrons. The van der Waals surface area contributed by atoms with E-state index in [0.29, 0.717) is 0 Å². The van der Waals surface area contributed by atoms with Crippen molar-refractivity contribution in [3.63, 3.8) is 0 Å². The molecule has 0 unspecified atom stereocenters. The highest BCUT2D eigenvalue weighted by molar-refractivity contribution is 7.86. The van der Waals surface area contributed by atoms with Crippen LogP contribution >= 0.6 is 0 Å². The topological polar surface area (TPSA) is 111 Å². The first-order valence-electron chi connectivity index (χ1n) is 9.26. The van der Waals surface area contributed by atoms with E-state index in [1.807, 2.05) is 30.3 Å². The lowest BCUT2D eigenvalue weighted by Crippen LogP contribution is -2.58. The molecule has 0 aromatic heterocycles. The van der Waals surface area contributed by atoms with E-state index in [1.54, 1.807) is 20.8 Å². The molecule has 162 valence electrons. The molecule has 2 atom stereocenters. The molecule has 1 heterocycles. The van der Waals surface area contributed by atoms with Crippen molar-refractivity contribution in [1.29, 1.82) is 0 Å². The van der Waals surface area contributed by atoms with Gasteiger partial charge in [0.25, 0.3) is 10.1 Å². The maximum atomic E-state index is 12.4. The van der Waals surface area contributed by atoms with Gasteiger partial charge in [0.1, 0.15) is 18.3 Å². The number of nitrogens with one attached hydrogen (secondary N) is 1. The van der Waals surface area contributed by atoms with Crippen LogP contribution in [0, 0.1) is 0 Å². The predicted molar refractivity (Wildman–Crippen MR) is 106 cm³/mol. The summed E-state index contributed by atoms with van der Waals surface area (Å²) in [4.78, 5) is 26.0. The van der Waals surface area contributed by atoms with E-state index in [9.17, 15) is 18.0 Å². The number of alkyl carbamates (subject to hydrolysis) is 1. The number of benzene rings is 1. The van der Waals surface area contributed by atoms with Crippen LogP contribution in [0.4, 0.5) is 9.59 Å². The Balaban J connectivity index is 2.01. The van der Waals surface area contributed by atoms with E-state index in [2.05, 4.69) is 5.32 Å². The third-order valence-electron chi connectivity index (χ3n) is 4.01. The van der Waals surface area contributed by atoms with Gasteiger partial charge in [-0.1, -0.05) is 30.3 Å². The van der Waals surface area contributed by atoms with Gasteiger partial charge in [-0.3, -0.25) is 4.18 Å². The van der Waals surface area contributed by atoms with E-state index in [0.717, 1.165) is 11.8 Å². The zero-order valence-electron chi connectivity index (χ0n) is 17.1. The Labute approximate surface area is 171 Å². The van der Waals surface area contributed by atoms with Crippen LogP contribution in [0.1, 0.15) is 32.8 Å². The van der Waals surface area contributed by atoms with Crippen LogP contribution in [0.2, 0.25) is 0 Å². The summed E-state index contributed by atoms with van der Waals surface area (Å²) in [6.45, 7) is 5.53. The summed E-state index contributed by atoms with van der Waals surface area (Å²) in [5, 5.41) is 2.61. The number of nitrogens with zero attached hydrogens (tertiary/aromatic N) is 1. The molecule has 1 N–H and O–H groups in total. The average molecular weight is 429 g/mol. The number of amides is 2. The molecular formula is C19H28N2O7S. The molecule has 1 fully saturated rings. The molecule has 0 bridgehead atoms. The first-order valence-corrected chi connectivity index (χ1v) is 11.1. The number of likely N-dealkylation sites (tertiary alicyclic amines) is 1. The van der Waals surface area contributed by atoms with Crippen molar-refractivity contribution in [2.75, 3.05) is 19.3 Å². The van der Waals surface area contributed by atoms with Crippen molar-refractivity contribution < 1.29 is 31.7 Å². The Morgan fingerprint density at radius 3 is 2.45 bits per heavy atom. The van der Waals surface area contributed by atoms with Gasteiger partial charge in [-0.25, -0.2) is 9.59 Å². The van der Waals surface area contributed by atoms with Crippen LogP contribution in [0.5, 0.6) is 0 Å². The first kappa shape index (κ1) is 23.0. The molecule has 1 aromatic carbocycles. The van der Waals surface area contributed by atoms with Crippen LogP contribution in [0.25, 0.3) is 0 Å². The number of ether oxygens (including phenoxy) is 2. The first-order chi connectivity index (χ1) is 13.4. The quantitative estimate of drug-likeness (QED) is 0.716. The third kappa shape index (κ3) is 8.28. The van der Waals surface area contributed by atoms with E-state index < -0.39 is 40.1 Å². The van der Waals surface area contributed by atoms with E-state index >= 15 is 0 Å². The smallest absolute Gasteiger partial charge is 0.410 e. The van der Waals surface area contributed by atoms with Crippen molar-refractivity contribution in [1.82, 2.24) is 10.2 Å². The number of hydrogen-bond donors (Lipinski definition) is 1. The molecule has 1 aliphatic heterocycles. The monoisotopic (exact) mass is 428 g/mol. The van der Waals surface area contributed by atoms with Gasteiger partial charge in [-0.2, -0.15) is 8.42 Å². The van der Waals surface area contributed by atoms with Crippen LogP contribution < -0.4 is 5.32 Å². The highest BCUT2D eigenvalue weighted by Gasteiger charge is 2.36. The summed E-state index contributed by atoms with van der Waals surface area (Å²) < 4.78 is 38.8. The molecule has 2 rings (SSSR count). The average Bonchev–Trinajstić information content (AvgIpc) is 2.59. The lowest BCUT2D eigenvalue weighted by molar-refractivity contribution is 0.0263. The van der Waals surface area contributed by atoms with Gasteiger partial charge in [0.15, 0.2) is 0 Å². The number of piperidine rings is 1. The second-order valence-corrected chi connectivity index (χ2v) is 9.47. The maximum absolute atomic E-state index is 12.4. The second-order valence-electron chi connectivity index (χ2n) is 7.87. The van der Waals surface area contributed by atoms with E-state index in [1.165, 1.54) is 4.90 Å². The molecule has 1 aliphatic rings. The third-order valence-corrected chi connectivity index (χ3v) is 4.61. The lowest BCUT2D eigenvalue weighted by atomic mass is 10.0. The molecule has 10 heteroatoms. The standard InChI is InChI=1S/C19H28N2O7S/c1-19(2,3)27-17(22)20-15-12-21(11-10-16(15)28-29(4,24)25)18(23)26-13-14-8-6-5-7-9-14/h5-9,15-16H,10-13H2,1-4H3,(H,20,22)/t15-,16-/m1/s1. The van der Waals surface area contributed by atoms with Gasteiger partial charge in [-0.15, -0.1) is 0 Å². The van der Waals surface area contributed by atoms with Crippen LogP contribution in [-0.2, 0) is 30.4 Å². The molecule has 0 saturated carbocycles. The van der Waals surface area contributed by atoms with Crippen molar-refractivity contribution in [2.24, 2.45) is 0 Å². The fourth-order valence-corrected chi connectivity index (χ4v) is 3.52. The number of hydrogen-bond acceptors (Lipinski definition) is 7. The normalized spacial score (nSPS) is 20.1. The van der Waals surface area contributed by atoms with E-state index in [-0.39, 0.29) is 26.1 Å². The van der Waals surface area contributed by atoms with Gasteiger partial charge < -0.3 is 19.7 Å². The lowest BCUT2D eigenvalue weighted by Gasteiger charge is -2.37. The van der Waals surface area contributed by atoms with Crippen LogP contribution in [-0.4, -0.2) is 62.6 Å². The fraction of sp³-hybridized carbons (Fsp3) is 0.579. The minimum Gasteiger partial charge on any atom is -0.445 e. The largest absolute Gasteiger partial charge is 0.445 e. The zero-order chi connectivity index (χ0) is 21.7. The molecule has 1 aromatic rings.